The van der Waals surface area contributed by atoms with Gasteiger partial charge in [0.15, 0.2) is 0 Å². The summed E-state index contributed by atoms with van der Waals surface area (Å²) in [4.78, 5) is 16.8. The Bertz CT molecular complexity index is 935. The van der Waals surface area contributed by atoms with Crippen molar-refractivity contribution in [3.63, 3.8) is 0 Å². The first-order valence-electron chi connectivity index (χ1n) is 8.22. The van der Waals surface area contributed by atoms with E-state index in [9.17, 15) is 9.90 Å². The summed E-state index contributed by atoms with van der Waals surface area (Å²) in [5, 5.41) is 13.4. The molecule has 3 aromatic rings. The van der Waals surface area contributed by atoms with Crippen molar-refractivity contribution >= 4 is 16.9 Å². The first-order chi connectivity index (χ1) is 12.1. The van der Waals surface area contributed by atoms with E-state index in [1.165, 1.54) is 0 Å². The second-order valence-electron chi connectivity index (χ2n) is 6.33. The monoisotopic (exact) mass is 337 g/mol. The second-order valence-corrected chi connectivity index (χ2v) is 6.33. The van der Waals surface area contributed by atoms with Crippen LogP contribution in [0.4, 0.5) is 0 Å². The number of imidazole rings is 1. The third-order valence-corrected chi connectivity index (χ3v) is 4.47. The Hall–Kier alpha value is -2.86. The van der Waals surface area contributed by atoms with Gasteiger partial charge in [-0.2, -0.15) is 0 Å². The minimum absolute atomic E-state index is 0.144. The zero-order chi connectivity index (χ0) is 17.4. The minimum atomic E-state index is -0.782. The van der Waals surface area contributed by atoms with Gasteiger partial charge in [0.2, 0.25) is 5.91 Å². The zero-order valence-corrected chi connectivity index (χ0v) is 13.8. The van der Waals surface area contributed by atoms with Crippen molar-refractivity contribution in [1.29, 1.82) is 0 Å². The smallest absolute Gasteiger partial charge is 0.240 e. The van der Waals surface area contributed by atoms with Crippen LogP contribution in [0.15, 0.2) is 48.8 Å². The fourth-order valence-corrected chi connectivity index (χ4v) is 3.16. The van der Waals surface area contributed by atoms with Crippen molar-refractivity contribution in [2.24, 2.45) is 0 Å². The van der Waals surface area contributed by atoms with Crippen molar-refractivity contribution in [1.82, 2.24) is 14.9 Å². The maximum absolute atomic E-state index is 12.4. The molecular formula is C19H19N3O3. The average Bonchev–Trinajstić information content (AvgIpc) is 3.00. The van der Waals surface area contributed by atoms with Gasteiger partial charge in [-0.25, -0.2) is 4.98 Å². The van der Waals surface area contributed by atoms with Crippen molar-refractivity contribution in [3.8, 4) is 5.75 Å². The SMILES string of the molecule is Cc1ccc2ncn(CC(=O)N[C@@H]3COc4ccccc4[C@H]3O)c2c1. The predicted molar refractivity (Wildman–Crippen MR) is 93.3 cm³/mol. The number of para-hydroxylation sites is 1. The van der Waals surface area contributed by atoms with E-state index in [0.29, 0.717) is 11.3 Å². The van der Waals surface area contributed by atoms with Crippen LogP contribution < -0.4 is 10.1 Å². The van der Waals surface area contributed by atoms with Crippen molar-refractivity contribution in [3.05, 3.63) is 59.9 Å². The lowest BCUT2D eigenvalue weighted by Gasteiger charge is -2.30. The number of aliphatic hydroxyl groups excluding tert-OH is 1. The number of fused-ring (bicyclic) bond motifs is 2. The standard InChI is InChI=1S/C19H19N3O3/c1-12-6-7-14-16(8-12)22(11-20-14)9-18(23)21-15-10-25-17-5-3-2-4-13(17)19(15)24/h2-8,11,15,19,24H,9-10H2,1H3,(H,21,23)/t15-,19-/m1/s1. The van der Waals surface area contributed by atoms with Crippen molar-refractivity contribution in [2.75, 3.05) is 6.61 Å². The highest BCUT2D eigenvalue weighted by Gasteiger charge is 2.30. The van der Waals surface area contributed by atoms with E-state index in [4.69, 9.17) is 4.74 Å². The molecule has 1 aliphatic heterocycles. The molecule has 0 radical (unpaired) electrons. The second kappa shape index (κ2) is 6.22. The van der Waals surface area contributed by atoms with E-state index in [2.05, 4.69) is 10.3 Å². The Kier molecular flexibility index (Phi) is 3.89. The number of hydrogen-bond donors (Lipinski definition) is 2. The summed E-state index contributed by atoms with van der Waals surface area (Å²) in [6.45, 7) is 2.39. The van der Waals surface area contributed by atoms with Crippen LogP contribution in [0.5, 0.6) is 5.75 Å². The molecule has 1 aromatic heterocycles. The topological polar surface area (TPSA) is 76.4 Å². The largest absolute Gasteiger partial charge is 0.491 e. The molecule has 0 saturated carbocycles. The van der Waals surface area contributed by atoms with Crippen LogP contribution >= 0.6 is 0 Å². The summed E-state index contributed by atoms with van der Waals surface area (Å²) >= 11 is 0. The van der Waals surface area contributed by atoms with E-state index >= 15 is 0 Å². The Balaban J connectivity index is 1.48. The molecular weight excluding hydrogens is 318 g/mol. The molecule has 128 valence electrons. The van der Waals surface area contributed by atoms with Gasteiger partial charge in [-0.15, -0.1) is 0 Å². The Labute approximate surface area is 145 Å². The molecule has 6 heteroatoms. The number of ether oxygens (including phenoxy) is 1. The van der Waals surface area contributed by atoms with E-state index in [1.807, 2.05) is 54.0 Å². The number of aliphatic hydroxyl groups is 1. The first kappa shape index (κ1) is 15.7. The van der Waals surface area contributed by atoms with Gasteiger partial charge in [0.1, 0.15) is 25.0 Å². The number of carbonyl (C=O) groups excluding carboxylic acids is 1. The number of amides is 1. The molecule has 0 spiro atoms. The molecule has 4 rings (SSSR count). The minimum Gasteiger partial charge on any atom is -0.491 e. The molecule has 25 heavy (non-hydrogen) atoms. The van der Waals surface area contributed by atoms with Crippen LogP contribution in [0.3, 0.4) is 0 Å². The number of benzene rings is 2. The lowest BCUT2D eigenvalue weighted by atomic mass is 9.99. The summed E-state index contributed by atoms with van der Waals surface area (Å²) in [6, 6.07) is 12.8. The summed E-state index contributed by atoms with van der Waals surface area (Å²) in [7, 11) is 0. The highest BCUT2D eigenvalue weighted by atomic mass is 16.5. The van der Waals surface area contributed by atoms with Gasteiger partial charge in [-0.05, 0) is 30.7 Å². The normalized spacial score (nSPS) is 19.3. The van der Waals surface area contributed by atoms with Gasteiger partial charge in [-0.1, -0.05) is 24.3 Å². The molecule has 0 unspecified atom stereocenters. The molecule has 1 amide bonds. The number of rotatable bonds is 3. The third-order valence-electron chi connectivity index (χ3n) is 4.47. The zero-order valence-electron chi connectivity index (χ0n) is 13.8. The molecule has 6 nitrogen and oxygen atoms in total. The number of carbonyl (C=O) groups is 1. The van der Waals surface area contributed by atoms with Crippen LogP contribution in [-0.4, -0.2) is 33.2 Å². The Morgan fingerprint density at radius 1 is 1.36 bits per heavy atom. The predicted octanol–water partition coefficient (Wildman–Crippen LogP) is 1.96. The number of hydrogen-bond acceptors (Lipinski definition) is 4. The number of aryl methyl sites for hydroxylation is 1. The molecule has 0 saturated heterocycles. The quantitative estimate of drug-likeness (QED) is 0.766. The number of aromatic nitrogens is 2. The first-order valence-corrected chi connectivity index (χ1v) is 8.22. The van der Waals surface area contributed by atoms with Crippen molar-refractivity contribution in [2.45, 2.75) is 25.6 Å². The summed E-state index contributed by atoms with van der Waals surface area (Å²) < 4.78 is 7.44. The lowest BCUT2D eigenvalue weighted by molar-refractivity contribution is -0.123. The van der Waals surface area contributed by atoms with E-state index in [-0.39, 0.29) is 19.1 Å². The van der Waals surface area contributed by atoms with Crippen LogP contribution in [-0.2, 0) is 11.3 Å². The maximum atomic E-state index is 12.4. The van der Waals surface area contributed by atoms with Crippen LogP contribution in [0.25, 0.3) is 11.0 Å². The highest BCUT2D eigenvalue weighted by Crippen LogP contribution is 2.31. The maximum Gasteiger partial charge on any atom is 0.240 e. The van der Waals surface area contributed by atoms with Gasteiger partial charge >= 0.3 is 0 Å². The van der Waals surface area contributed by atoms with Crippen LogP contribution in [0, 0.1) is 6.92 Å². The van der Waals surface area contributed by atoms with Gasteiger partial charge in [0.25, 0.3) is 0 Å². The van der Waals surface area contributed by atoms with Crippen LogP contribution in [0.2, 0.25) is 0 Å². The summed E-state index contributed by atoms with van der Waals surface area (Å²) in [5.74, 6) is 0.476. The Morgan fingerprint density at radius 3 is 3.08 bits per heavy atom. The number of nitrogens with zero attached hydrogens (tertiary/aromatic N) is 2. The van der Waals surface area contributed by atoms with Gasteiger partial charge < -0.3 is 19.7 Å². The summed E-state index contributed by atoms with van der Waals surface area (Å²) in [6.07, 6.45) is 0.878. The van der Waals surface area contributed by atoms with Crippen molar-refractivity contribution < 1.29 is 14.6 Å². The van der Waals surface area contributed by atoms with E-state index < -0.39 is 12.1 Å². The molecule has 1 aliphatic rings. The van der Waals surface area contributed by atoms with Crippen LogP contribution in [0.1, 0.15) is 17.2 Å². The van der Waals surface area contributed by atoms with E-state index in [1.54, 1.807) is 6.33 Å². The third kappa shape index (κ3) is 2.96. The fraction of sp³-hybridized carbons (Fsp3) is 0.263. The average molecular weight is 337 g/mol. The molecule has 0 aliphatic carbocycles. The molecule has 2 N–H and O–H groups in total. The lowest BCUT2D eigenvalue weighted by Crippen LogP contribution is -2.46. The van der Waals surface area contributed by atoms with Gasteiger partial charge in [0, 0.05) is 5.56 Å². The Morgan fingerprint density at radius 2 is 2.20 bits per heavy atom. The molecule has 2 atom stereocenters. The van der Waals surface area contributed by atoms with Gasteiger partial charge in [-0.3, -0.25) is 4.79 Å². The van der Waals surface area contributed by atoms with Gasteiger partial charge in [0.05, 0.1) is 23.4 Å². The molecule has 2 aromatic carbocycles. The molecule has 0 fully saturated rings. The molecule has 0 bridgehead atoms. The number of nitrogens with one attached hydrogen (secondary N) is 1. The molecule has 2 heterocycles. The van der Waals surface area contributed by atoms with E-state index in [0.717, 1.165) is 16.6 Å². The fourth-order valence-electron chi connectivity index (χ4n) is 3.16. The highest BCUT2D eigenvalue weighted by molar-refractivity contribution is 5.81. The summed E-state index contributed by atoms with van der Waals surface area (Å²) in [5.41, 5.74) is 3.58.